The largest absolute Gasteiger partial charge is 0.370 e. The van der Waals surface area contributed by atoms with Crippen LogP contribution in [0.25, 0.3) is 0 Å². The Labute approximate surface area is 166 Å². The van der Waals surface area contributed by atoms with Crippen LogP contribution in [0, 0.1) is 10.1 Å². The van der Waals surface area contributed by atoms with E-state index in [4.69, 9.17) is 4.74 Å². The van der Waals surface area contributed by atoms with Gasteiger partial charge in [-0.1, -0.05) is 0 Å². The first kappa shape index (κ1) is 21.9. The Morgan fingerprint density at radius 3 is 2.52 bits per heavy atom. The fourth-order valence-electron chi connectivity index (χ4n) is 3.60. The van der Waals surface area contributed by atoms with Crippen molar-refractivity contribution in [2.75, 3.05) is 13.1 Å². The maximum Gasteiger partial charge on any atom is 0.269 e. The minimum Gasteiger partial charge on any atom is -0.370 e. The van der Waals surface area contributed by atoms with Crippen LogP contribution in [-0.2, 0) is 14.8 Å². The third-order valence-corrected chi connectivity index (χ3v) is 6.62. The molecule has 2 aliphatic rings. The van der Waals surface area contributed by atoms with Crippen molar-refractivity contribution >= 4 is 15.7 Å². The first-order valence-electron chi connectivity index (χ1n) is 9.25. The third kappa shape index (κ3) is 5.05. The van der Waals surface area contributed by atoms with Gasteiger partial charge in [0.1, 0.15) is 12.2 Å². The highest BCUT2D eigenvalue weighted by Gasteiger charge is 2.50. The first-order valence-corrected chi connectivity index (χ1v) is 10.7. The van der Waals surface area contributed by atoms with Gasteiger partial charge < -0.3 is 10.1 Å². The van der Waals surface area contributed by atoms with Crippen molar-refractivity contribution in [1.82, 2.24) is 10.0 Å². The molecule has 0 amide bonds. The summed E-state index contributed by atoms with van der Waals surface area (Å²) in [6.07, 6.45) is -3.38. The van der Waals surface area contributed by atoms with Crippen molar-refractivity contribution in [3.8, 4) is 0 Å². The lowest BCUT2D eigenvalue weighted by atomic mass is 9.89. The van der Waals surface area contributed by atoms with Gasteiger partial charge in [0.25, 0.3) is 11.6 Å². The molecule has 1 aliphatic heterocycles. The van der Waals surface area contributed by atoms with Crippen LogP contribution >= 0.6 is 0 Å². The standard InChI is InChI=1S/C17H22F3N3O5S/c18-13-10-21-9-7-14(13)28-15-2-1-8-17(19,20)16(15)22-29(26,27)12-5-3-11(4-6-12)23(24)25/h3-6,13-16,21-22H,1-2,7-10H2/t13-,14+,15-,16+/m0/s1. The van der Waals surface area contributed by atoms with E-state index in [9.17, 15) is 31.7 Å². The SMILES string of the molecule is O=[N+]([O-])c1ccc(S(=O)(=O)N[C@@H]2[C@@H](O[C@@H]3CCNC[C@@H]3F)CCCC2(F)F)cc1. The Bertz CT molecular complexity index is 837. The summed E-state index contributed by atoms with van der Waals surface area (Å²) in [6.45, 7) is 0.528. The van der Waals surface area contributed by atoms with Gasteiger partial charge in [-0.25, -0.2) is 21.6 Å². The third-order valence-electron chi connectivity index (χ3n) is 5.16. The number of sulfonamides is 1. The van der Waals surface area contributed by atoms with E-state index in [1.807, 2.05) is 4.72 Å². The Morgan fingerprint density at radius 1 is 1.21 bits per heavy atom. The summed E-state index contributed by atoms with van der Waals surface area (Å²) in [6, 6.07) is 2.04. The van der Waals surface area contributed by atoms with Crippen molar-refractivity contribution in [1.29, 1.82) is 0 Å². The lowest BCUT2D eigenvalue weighted by Gasteiger charge is -2.40. The van der Waals surface area contributed by atoms with Crippen molar-refractivity contribution in [2.24, 2.45) is 0 Å². The smallest absolute Gasteiger partial charge is 0.269 e. The molecule has 0 unspecified atom stereocenters. The molecule has 162 valence electrons. The molecule has 0 spiro atoms. The molecule has 2 fully saturated rings. The topological polar surface area (TPSA) is 111 Å². The van der Waals surface area contributed by atoms with Crippen LogP contribution in [0.4, 0.5) is 18.9 Å². The van der Waals surface area contributed by atoms with E-state index in [0.29, 0.717) is 13.0 Å². The molecule has 0 radical (unpaired) electrons. The van der Waals surface area contributed by atoms with E-state index in [-0.39, 0.29) is 30.0 Å². The summed E-state index contributed by atoms with van der Waals surface area (Å²) < 4.78 is 76.1. The van der Waals surface area contributed by atoms with E-state index in [1.165, 1.54) is 0 Å². The molecular weight excluding hydrogens is 415 g/mol. The predicted molar refractivity (Wildman–Crippen MR) is 97.0 cm³/mol. The van der Waals surface area contributed by atoms with E-state index in [0.717, 1.165) is 24.3 Å². The van der Waals surface area contributed by atoms with Gasteiger partial charge in [-0.15, -0.1) is 0 Å². The number of rotatable bonds is 6. The number of hydrogen-bond donors (Lipinski definition) is 2. The molecule has 1 aromatic rings. The molecular formula is C17H22F3N3O5S. The van der Waals surface area contributed by atoms with Gasteiger partial charge in [-0.2, -0.15) is 4.72 Å². The molecule has 1 aliphatic carbocycles. The summed E-state index contributed by atoms with van der Waals surface area (Å²) in [7, 11) is -4.40. The van der Waals surface area contributed by atoms with Gasteiger partial charge in [-0.05, 0) is 37.9 Å². The van der Waals surface area contributed by atoms with Gasteiger partial charge in [0.2, 0.25) is 10.0 Å². The number of piperidine rings is 1. The molecule has 3 rings (SSSR count). The maximum atomic E-state index is 14.6. The van der Waals surface area contributed by atoms with Crippen LogP contribution in [0.5, 0.6) is 0 Å². The number of nitro benzene ring substituents is 1. The van der Waals surface area contributed by atoms with Gasteiger partial charge in [-0.3, -0.25) is 10.1 Å². The van der Waals surface area contributed by atoms with Crippen LogP contribution in [-0.4, -0.2) is 56.8 Å². The predicted octanol–water partition coefficient (Wildman–Crippen LogP) is 2.15. The Hall–Kier alpha value is -1.76. The fraction of sp³-hybridized carbons (Fsp3) is 0.647. The van der Waals surface area contributed by atoms with Crippen LogP contribution in [0.1, 0.15) is 25.7 Å². The lowest BCUT2D eigenvalue weighted by molar-refractivity contribution is -0.384. The number of non-ortho nitro benzene ring substituents is 1. The van der Waals surface area contributed by atoms with Crippen molar-refractivity contribution < 1.29 is 31.2 Å². The van der Waals surface area contributed by atoms with E-state index < -0.39 is 51.7 Å². The zero-order valence-electron chi connectivity index (χ0n) is 15.4. The Morgan fingerprint density at radius 2 is 1.90 bits per heavy atom. The molecule has 1 heterocycles. The van der Waals surface area contributed by atoms with Gasteiger partial charge in [0, 0.05) is 25.1 Å². The number of nitrogens with zero attached hydrogens (tertiary/aromatic N) is 1. The molecule has 4 atom stereocenters. The minimum absolute atomic E-state index is 0.0486. The van der Waals surface area contributed by atoms with Crippen LogP contribution in [0.15, 0.2) is 29.2 Å². The molecule has 0 bridgehead atoms. The molecule has 2 N–H and O–H groups in total. The van der Waals surface area contributed by atoms with Gasteiger partial charge in [0.15, 0.2) is 0 Å². The molecule has 1 aromatic carbocycles. The zero-order valence-corrected chi connectivity index (χ0v) is 16.2. The highest BCUT2D eigenvalue weighted by atomic mass is 32.2. The van der Waals surface area contributed by atoms with Crippen molar-refractivity contribution in [3.63, 3.8) is 0 Å². The Kier molecular flexibility index (Phi) is 6.46. The average molecular weight is 437 g/mol. The number of halogens is 3. The highest BCUT2D eigenvalue weighted by Crippen LogP contribution is 2.37. The number of hydrogen-bond acceptors (Lipinski definition) is 6. The number of benzene rings is 1. The van der Waals surface area contributed by atoms with Crippen LogP contribution in [0.3, 0.4) is 0 Å². The first-order chi connectivity index (χ1) is 13.6. The maximum absolute atomic E-state index is 14.6. The van der Waals surface area contributed by atoms with Crippen molar-refractivity contribution in [2.45, 2.75) is 60.9 Å². The van der Waals surface area contributed by atoms with Crippen LogP contribution < -0.4 is 10.0 Å². The summed E-state index contributed by atoms with van der Waals surface area (Å²) in [4.78, 5) is 9.63. The van der Waals surface area contributed by atoms with Gasteiger partial charge in [0.05, 0.1) is 22.0 Å². The van der Waals surface area contributed by atoms with Gasteiger partial charge >= 0.3 is 0 Å². The molecule has 12 heteroatoms. The molecule has 1 saturated heterocycles. The summed E-state index contributed by atoms with van der Waals surface area (Å²) in [5.74, 6) is -3.38. The highest BCUT2D eigenvalue weighted by molar-refractivity contribution is 7.89. The number of nitrogens with one attached hydrogen (secondary N) is 2. The summed E-state index contributed by atoms with van der Waals surface area (Å²) in [5, 5.41) is 13.6. The normalized spacial score (nSPS) is 30.0. The van der Waals surface area contributed by atoms with Crippen LogP contribution in [0.2, 0.25) is 0 Å². The van der Waals surface area contributed by atoms with E-state index >= 15 is 0 Å². The second-order valence-electron chi connectivity index (χ2n) is 7.23. The Balaban J connectivity index is 1.80. The number of nitro groups is 1. The number of ether oxygens (including phenoxy) is 1. The monoisotopic (exact) mass is 437 g/mol. The number of alkyl halides is 3. The summed E-state index contributed by atoms with van der Waals surface area (Å²) in [5.41, 5.74) is -0.326. The van der Waals surface area contributed by atoms with E-state index in [1.54, 1.807) is 0 Å². The average Bonchev–Trinajstić information content (AvgIpc) is 2.66. The second-order valence-corrected chi connectivity index (χ2v) is 8.94. The fourth-order valence-corrected chi connectivity index (χ4v) is 4.89. The lowest BCUT2D eigenvalue weighted by Crippen LogP contribution is -2.59. The van der Waals surface area contributed by atoms with Crippen molar-refractivity contribution in [3.05, 3.63) is 34.4 Å². The van der Waals surface area contributed by atoms with E-state index in [2.05, 4.69) is 5.32 Å². The molecule has 8 nitrogen and oxygen atoms in total. The quantitative estimate of drug-likeness (QED) is 0.521. The molecule has 0 aromatic heterocycles. The zero-order chi connectivity index (χ0) is 21.2. The molecule has 29 heavy (non-hydrogen) atoms. The minimum atomic E-state index is -4.40. The summed E-state index contributed by atoms with van der Waals surface area (Å²) >= 11 is 0. The second kappa shape index (κ2) is 8.54. The molecule has 1 saturated carbocycles.